The smallest absolute Gasteiger partial charge is 0.0670 e. The molecule has 2 nitrogen and oxygen atoms in total. The van der Waals surface area contributed by atoms with Crippen LogP contribution in [-0.2, 0) is 6.42 Å². The molecule has 0 saturated heterocycles. The van der Waals surface area contributed by atoms with E-state index in [0.717, 1.165) is 6.42 Å². The summed E-state index contributed by atoms with van der Waals surface area (Å²) < 4.78 is 0. The Bertz CT molecular complexity index is 337. The van der Waals surface area contributed by atoms with Gasteiger partial charge in [0, 0.05) is 6.54 Å². The molecule has 2 heteroatoms. The number of benzene rings is 1. The average molecular weight is 219 g/mol. The number of rotatable bonds is 4. The molecule has 2 unspecified atom stereocenters. The standard InChI is InChI=1S/C14H21NO/c1-15-10-13(16)9-12-7-4-6-11-5-2-3-8-14(11)12/h2-3,5,8,12-13,15-16H,4,6-7,9-10H2,1H3. The summed E-state index contributed by atoms with van der Waals surface area (Å²) in [5, 5.41) is 12.9. The molecule has 0 aliphatic heterocycles. The molecule has 16 heavy (non-hydrogen) atoms. The minimum absolute atomic E-state index is 0.221. The Morgan fingerprint density at radius 1 is 1.44 bits per heavy atom. The van der Waals surface area contributed by atoms with Gasteiger partial charge in [0.05, 0.1) is 6.10 Å². The summed E-state index contributed by atoms with van der Waals surface area (Å²) in [6.45, 7) is 0.693. The molecule has 0 bridgehead atoms. The van der Waals surface area contributed by atoms with Crippen molar-refractivity contribution >= 4 is 0 Å². The van der Waals surface area contributed by atoms with Crippen molar-refractivity contribution in [3.63, 3.8) is 0 Å². The molecule has 2 rings (SSSR count). The molecule has 0 aromatic heterocycles. The molecule has 2 atom stereocenters. The van der Waals surface area contributed by atoms with E-state index in [1.165, 1.54) is 30.4 Å². The Labute approximate surface area is 97.7 Å². The highest BCUT2D eigenvalue weighted by molar-refractivity contribution is 5.32. The van der Waals surface area contributed by atoms with Crippen LogP contribution in [0.4, 0.5) is 0 Å². The summed E-state index contributed by atoms with van der Waals surface area (Å²) in [7, 11) is 1.89. The van der Waals surface area contributed by atoms with Gasteiger partial charge < -0.3 is 10.4 Å². The Hall–Kier alpha value is -0.860. The number of hydrogen-bond acceptors (Lipinski definition) is 2. The maximum Gasteiger partial charge on any atom is 0.0670 e. The van der Waals surface area contributed by atoms with E-state index < -0.39 is 0 Å². The molecule has 0 spiro atoms. The lowest BCUT2D eigenvalue weighted by molar-refractivity contribution is 0.152. The fourth-order valence-corrected chi connectivity index (χ4v) is 2.75. The fraction of sp³-hybridized carbons (Fsp3) is 0.571. The van der Waals surface area contributed by atoms with Gasteiger partial charge in [0.2, 0.25) is 0 Å². The second-order valence-corrected chi connectivity index (χ2v) is 4.74. The van der Waals surface area contributed by atoms with Crippen molar-refractivity contribution in [3.8, 4) is 0 Å². The first-order valence-corrected chi connectivity index (χ1v) is 6.21. The van der Waals surface area contributed by atoms with Gasteiger partial charge in [0.1, 0.15) is 0 Å². The van der Waals surface area contributed by atoms with Crippen molar-refractivity contribution in [2.45, 2.75) is 37.7 Å². The van der Waals surface area contributed by atoms with Gasteiger partial charge in [-0.25, -0.2) is 0 Å². The Morgan fingerprint density at radius 2 is 2.25 bits per heavy atom. The first-order chi connectivity index (χ1) is 7.81. The lowest BCUT2D eigenvalue weighted by Gasteiger charge is -2.27. The van der Waals surface area contributed by atoms with E-state index in [-0.39, 0.29) is 6.10 Å². The van der Waals surface area contributed by atoms with E-state index >= 15 is 0 Å². The Morgan fingerprint density at radius 3 is 3.06 bits per heavy atom. The monoisotopic (exact) mass is 219 g/mol. The molecule has 1 aromatic carbocycles. The van der Waals surface area contributed by atoms with Crippen molar-refractivity contribution in [1.29, 1.82) is 0 Å². The molecule has 88 valence electrons. The largest absolute Gasteiger partial charge is 0.392 e. The van der Waals surface area contributed by atoms with Gasteiger partial charge in [0.25, 0.3) is 0 Å². The molecule has 0 amide bonds. The maximum absolute atomic E-state index is 9.86. The first kappa shape index (κ1) is 11.6. The van der Waals surface area contributed by atoms with Crippen molar-refractivity contribution in [1.82, 2.24) is 5.32 Å². The molecule has 0 fully saturated rings. The van der Waals surface area contributed by atoms with Crippen LogP contribution in [0.2, 0.25) is 0 Å². The van der Waals surface area contributed by atoms with Gasteiger partial charge >= 0.3 is 0 Å². The molecule has 1 aliphatic rings. The summed E-state index contributed by atoms with van der Waals surface area (Å²) in [5.41, 5.74) is 2.94. The summed E-state index contributed by atoms with van der Waals surface area (Å²) in [6.07, 6.45) is 4.35. The Balaban J connectivity index is 2.07. The predicted octanol–water partition coefficient (Wildman–Crippen LogP) is 2.08. The normalized spacial score (nSPS) is 21.5. The van der Waals surface area contributed by atoms with Crippen LogP contribution >= 0.6 is 0 Å². The topological polar surface area (TPSA) is 32.3 Å². The van der Waals surface area contributed by atoms with Gasteiger partial charge in [-0.3, -0.25) is 0 Å². The van der Waals surface area contributed by atoms with Gasteiger partial charge in [-0.05, 0) is 49.8 Å². The summed E-state index contributed by atoms with van der Waals surface area (Å²) >= 11 is 0. The van der Waals surface area contributed by atoms with Crippen LogP contribution in [-0.4, -0.2) is 24.8 Å². The molecule has 1 aliphatic carbocycles. The van der Waals surface area contributed by atoms with Crippen molar-refractivity contribution in [3.05, 3.63) is 35.4 Å². The number of nitrogens with one attached hydrogen (secondary N) is 1. The van der Waals surface area contributed by atoms with Crippen LogP contribution in [0.3, 0.4) is 0 Å². The predicted molar refractivity (Wildman–Crippen MR) is 66.7 cm³/mol. The number of likely N-dealkylation sites (N-methyl/N-ethyl adjacent to an activating group) is 1. The molecule has 1 aromatic rings. The van der Waals surface area contributed by atoms with E-state index in [4.69, 9.17) is 0 Å². The lowest BCUT2D eigenvalue weighted by atomic mass is 9.80. The third kappa shape index (κ3) is 2.63. The van der Waals surface area contributed by atoms with Gasteiger partial charge in [0.15, 0.2) is 0 Å². The minimum atomic E-state index is -0.221. The molecule has 0 heterocycles. The van der Waals surface area contributed by atoms with E-state index in [1.807, 2.05) is 7.05 Å². The molecule has 0 saturated carbocycles. The molecule has 2 N–H and O–H groups in total. The van der Waals surface area contributed by atoms with Crippen molar-refractivity contribution < 1.29 is 5.11 Å². The highest BCUT2D eigenvalue weighted by atomic mass is 16.3. The number of aryl methyl sites for hydroxylation is 1. The van der Waals surface area contributed by atoms with E-state index in [2.05, 4.69) is 29.6 Å². The zero-order valence-corrected chi connectivity index (χ0v) is 9.95. The van der Waals surface area contributed by atoms with Gasteiger partial charge in [-0.2, -0.15) is 0 Å². The van der Waals surface area contributed by atoms with Crippen LogP contribution in [0, 0.1) is 0 Å². The van der Waals surface area contributed by atoms with E-state index in [1.54, 1.807) is 0 Å². The second kappa shape index (κ2) is 5.46. The summed E-state index contributed by atoms with van der Waals surface area (Å²) in [4.78, 5) is 0. The molecular weight excluding hydrogens is 198 g/mol. The average Bonchev–Trinajstić information content (AvgIpc) is 2.30. The number of hydrogen-bond donors (Lipinski definition) is 2. The van der Waals surface area contributed by atoms with Gasteiger partial charge in [-0.15, -0.1) is 0 Å². The SMILES string of the molecule is CNCC(O)CC1CCCc2ccccc21. The van der Waals surface area contributed by atoms with Crippen LogP contribution in [0.15, 0.2) is 24.3 Å². The zero-order valence-electron chi connectivity index (χ0n) is 9.95. The number of aliphatic hydroxyl groups excluding tert-OH is 1. The molecular formula is C14H21NO. The number of aliphatic hydroxyl groups is 1. The third-order valence-electron chi connectivity index (χ3n) is 3.49. The fourth-order valence-electron chi connectivity index (χ4n) is 2.75. The highest BCUT2D eigenvalue weighted by Crippen LogP contribution is 2.34. The minimum Gasteiger partial charge on any atom is -0.392 e. The number of fused-ring (bicyclic) bond motifs is 1. The van der Waals surface area contributed by atoms with Crippen LogP contribution in [0.25, 0.3) is 0 Å². The highest BCUT2D eigenvalue weighted by Gasteiger charge is 2.21. The lowest BCUT2D eigenvalue weighted by Crippen LogP contribution is -2.26. The second-order valence-electron chi connectivity index (χ2n) is 4.74. The zero-order chi connectivity index (χ0) is 11.4. The quantitative estimate of drug-likeness (QED) is 0.812. The van der Waals surface area contributed by atoms with Gasteiger partial charge in [-0.1, -0.05) is 24.3 Å². The van der Waals surface area contributed by atoms with Crippen LogP contribution in [0.1, 0.15) is 36.3 Å². The van der Waals surface area contributed by atoms with Crippen molar-refractivity contribution in [2.24, 2.45) is 0 Å². The summed E-state index contributed by atoms with van der Waals surface area (Å²) in [6, 6.07) is 8.68. The first-order valence-electron chi connectivity index (χ1n) is 6.21. The third-order valence-corrected chi connectivity index (χ3v) is 3.49. The van der Waals surface area contributed by atoms with Crippen LogP contribution < -0.4 is 5.32 Å². The maximum atomic E-state index is 9.86. The van der Waals surface area contributed by atoms with E-state index in [0.29, 0.717) is 12.5 Å². The van der Waals surface area contributed by atoms with E-state index in [9.17, 15) is 5.11 Å². The summed E-state index contributed by atoms with van der Waals surface area (Å²) in [5.74, 6) is 0.549. The molecule has 0 radical (unpaired) electrons. The Kier molecular flexibility index (Phi) is 3.97. The van der Waals surface area contributed by atoms with Crippen molar-refractivity contribution in [2.75, 3.05) is 13.6 Å². The van der Waals surface area contributed by atoms with Crippen LogP contribution in [0.5, 0.6) is 0 Å².